The zero-order chi connectivity index (χ0) is 29.3. The van der Waals surface area contributed by atoms with E-state index in [2.05, 4.69) is 17.0 Å². The number of alkyl halides is 3. The van der Waals surface area contributed by atoms with Crippen LogP contribution in [0, 0.1) is 5.82 Å². The van der Waals surface area contributed by atoms with Gasteiger partial charge < -0.3 is 18.7 Å². The minimum absolute atomic E-state index is 0.242. The van der Waals surface area contributed by atoms with Gasteiger partial charge in [-0.15, -0.1) is 11.8 Å². The summed E-state index contributed by atoms with van der Waals surface area (Å²) in [5, 5.41) is 10.5. The van der Waals surface area contributed by atoms with Gasteiger partial charge in [-0.2, -0.15) is 13.2 Å². The summed E-state index contributed by atoms with van der Waals surface area (Å²) < 4.78 is 86.9. The van der Waals surface area contributed by atoms with E-state index in [1.54, 1.807) is 12.1 Å². The maximum Gasteiger partial charge on any atom is 0.485 e. The molecule has 0 spiro atoms. The Hall–Kier alpha value is -1.98. The number of rotatable bonds is 11. The van der Waals surface area contributed by atoms with Crippen LogP contribution < -0.4 is 15.2 Å². The molecule has 3 rings (SSSR count). The Morgan fingerprint density at radius 1 is 1.15 bits per heavy atom. The molecule has 1 N–H and O–H groups in total. The molecule has 0 amide bonds. The van der Waals surface area contributed by atoms with Crippen LogP contribution in [0.1, 0.15) is 32.1 Å². The quantitative estimate of drug-likeness (QED) is 0.0603. The van der Waals surface area contributed by atoms with E-state index >= 15 is 0 Å². The number of thioether (sulfide) groups is 1. The molecular formula is C23H30BF4NO7S2Si. The fraction of sp³-hybridized carbons (Fsp3) is 0.478. The van der Waals surface area contributed by atoms with E-state index < -0.39 is 31.1 Å². The Labute approximate surface area is 230 Å². The molecule has 2 heterocycles. The fourth-order valence-electron chi connectivity index (χ4n) is 3.74. The van der Waals surface area contributed by atoms with Gasteiger partial charge in [0.25, 0.3) is 0 Å². The lowest BCUT2D eigenvalue weighted by Gasteiger charge is -2.18. The third kappa shape index (κ3) is 10.5. The summed E-state index contributed by atoms with van der Waals surface area (Å²) in [4.78, 5) is 12.4. The van der Waals surface area contributed by atoms with Crippen LogP contribution in [0.4, 0.5) is 17.6 Å². The number of halogens is 4. The molecular weight excluding hydrogens is 581 g/mol. The maximum atomic E-state index is 14.9. The van der Waals surface area contributed by atoms with Crippen molar-refractivity contribution < 1.29 is 54.0 Å². The number of hydrogen-bond acceptors (Lipinski definition) is 8. The Balaban J connectivity index is 0.000000580. The Morgan fingerprint density at radius 3 is 2.38 bits per heavy atom. The number of esters is 1. The van der Waals surface area contributed by atoms with Crippen LogP contribution in [-0.4, -0.2) is 57.3 Å². The maximum absolute atomic E-state index is 14.9. The van der Waals surface area contributed by atoms with Crippen LogP contribution in [0.3, 0.4) is 0 Å². The number of aryl methyl sites for hydroxylation is 1. The molecule has 216 valence electrons. The number of pyridine rings is 1. The Morgan fingerprint density at radius 2 is 1.77 bits per heavy atom. The van der Waals surface area contributed by atoms with Crippen molar-refractivity contribution in [3.63, 3.8) is 0 Å². The average molecular weight is 612 g/mol. The highest BCUT2D eigenvalue weighted by atomic mass is 32.2. The number of fused-ring (bicyclic) bond motifs is 1. The summed E-state index contributed by atoms with van der Waals surface area (Å²) in [5.74, 6) is -0.117. The summed E-state index contributed by atoms with van der Waals surface area (Å²) >= 11 is 1.30. The van der Waals surface area contributed by atoms with Gasteiger partial charge in [-0.25, -0.2) is 17.4 Å². The number of carbonyl (C=O) groups excluding carboxylic acids is 1. The lowest BCUT2D eigenvalue weighted by Crippen LogP contribution is -2.46. The lowest BCUT2D eigenvalue weighted by atomic mass is 9.80. The molecule has 16 heteroatoms. The molecule has 0 radical (unpaired) electrons. The highest BCUT2D eigenvalue weighted by Crippen LogP contribution is 2.25. The Bertz CT molecular complexity index is 1200. The summed E-state index contributed by atoms with van der Waals surface area (Å²) in [5.41, 5.74) is -5.12. The van der Waals surface area contributed by atoms with Crippen molar-refractivity contribution in [2.45, 2.75) is 62.1 Å². The third-order valence-electron chi connectivity index (χ3n) is 5.61. The first-order valence-electron chi connectivity index (χ1n) is 12.1. The van der Waals surface area contributed by atoms with Crippen LogP contribution in [0.2, 0.25) is 13.1 Å². The van der Waals surface area contributed by atoms with Gasteiger partial charge in [0, 0.05) is 34.4 Å². The number of ether oxygens (including phenoxy) is 1. The summed E-state index contributed by atoms with van der Waals surface area (Å²) in [7, 11) is -9.58. The summed E-state index contributed by atoms with van der Waals surface area (Å²) in [6, 6.07) is 9.44. The van der Waals surface area contributed by atoms with E-state index in [1.165, 1.54) is 11.8 Å². The molecule has 1 aliphatic heterocycles. The van der Waals surface area contributed by atoms with Crippen molar-refractivity contribution in [3.8, 4) is 0 Å². The number of aromatic nitrogens is 1. The van der Waals surface area contributed by atoms with Gasteiger partial charge in [0.05, 0.1) is 13.0 Å². The first kappa shape index (κ1) is 33.2. The van der Waals surface area contributed by atoms with Gasteiger partial charge in [-0.05, 0) is 43.9 Å². The molecule has 0 saturated heterocycles. The minimum atomic E-state index is -6.09. The topological polar surface area (TPSA) is 117 Å². The van der Waals surface area contributed by atoms with E-state index in [-0.39, 0.29) is 18.2 Å². The molecule has 1 aromatic carbocycles. The molecule has 0 saturated carbocycles. The van der Waals surface area contributed by atoms with E-state index in [4.69, 9.17) is 22.1 Å². The first-order chi connectivity index (χ1) is 18.1. The second-order valence-electron chi connectivity index (χ2n) is 9.07. The predicted octanol–water partition coefficient (Wildman–Crippen LogP) is 2.58. The minimum Gasteiger partial charge on any atom is -0.741 e. The van der Waals surface area contributed by atoms with Crippen LogP contribution in [0.15, 0.2) is 47.6 Å². The molecule has 2 aromatic rings. The van der Waals surface area contributed by atoms with Crippen LogP contribution >= 0.6 is 11.8 Å². The lowest BCUT2D eigenvalue weighted by molar-refractivity contribution is -0.697. The number of nitrogens with zero attached hydrogens (tertiary/aromatic N) is 1. The Kier molecular flexibility index (Phi) is 12.4. The number of unbranched alkanes of at least 4 members (excludes halogenated alkanes) is 3. The first-order valence-corrected chi connectivity index (χ1v) is 17.4. The van der Waals surface area contributed by atoms with Crippen molar-refractivity contribution in [2.24, 2.45) is 0 Å². The SMILES string of the molecule is C[Si]1(C)OB(O)c2ccc(SCCC(=O)OCCCCCC[n+]3ccccc3)c(F)c21.O=S(=O)([O-])C(F)(F)F. The average Bonchev–Trinajstić information content (AvgIpc) is 3.08. The third-order valence-corrected chi connectivity index (χ3v) is 9.74. The smallest absolute Gasteiger partial charge is 0.485 e. The van der Waals surface area contributed by atoms with Crippen LogP contribution in [0.5, 0.6) is 0 Å². The molecule has 0 unspecified atom stereocenters. The van der Waals surface area contributed by atoms with Gasteiger partial charge in [0.1, 0.15) is 12.4 Å². The van der Waals surface area contributed by atoms with Crippen molar-refractivity contribution in [3.05, 3.63) is 48.5 Å². The van der Waals surface area contributed by atoms with E-state index in [0.717, 1.165) is 32.2 Å². The van der Waals surface area contributed by atoms with Crippen molar-refractivity contribution >= 4 is 53.9 Å². The highest BCUT2D eigenvalue weighted by molar-refractivity contribution is 7.99. The van der Waals surface area contributed by atoms with Gasteiger partial charge >= 0.3 is 18.6 Å². The standard InChI is InChI=1S/C22H30BFNO4SSi.CHF3O3S/c1-31(2)22-18(23(27)29-31)10-11-19(21(22)24)30-17-12-20(26)28-16-9-4-3-6-13-25-14-7-5-8-15-25;2-1(3,4)8(5,6)7/h5,7-8,10-11,14-15,27H,3-4,6,9,12-13,16-17H2,1-2H3;(H,5,6,7)/q+1;/p-1. The summed E-state index contributed by atoms with van der Waals surface area (Å²) in [6.45, 7) is 5.18. The predicted molar refractivity (Wildman–Crippen MR) is 139 cm³/mol. The molecule has 1 aliphatic rings. The van der Waals surface area contributed by atoms with Crippen molar-refractivity contribution in [2.75, 3.05) is 12.4 Å². The zero-order valence-electron chi connectivity index (χ0n) is 21.4. The van der Waals surface area contributed by atoms with E-state index in [9.17, 15) is 27.4 Å². The zero-order valence-corrected chi connectivity index (χ0v) is 24.1. The summed E-state index contributed by atoms with van der Waals surface area (Å²) in [6.07, 6.45) is 8.47. The molecule has 39 heavy (non-hydrogen) atoms. The molecule has 1 aromatic heterocycles. The second kappa shape index (κ2) is 14.6. The van der Waals surface area contributed by atoms with E-state index in [1.807, 2.05) is 31.3 Å². The van der Waals surface area contributed by atoms with Gasteiger partial charge in [0.15, 0.2) is 22.5 Å². The van der Waals surface area contributed by atoms with Gasteiger partial charge in [-0.3, -0.25) is 4.79 Å². The van der Waals surface area contributed by atoms with Gasteiger partial charge in [0.2, 0.25) is 8.32 Å². The molecule has 0 aliphatic carbocycles. The van der Waals surface area contributed by atoms with Crippen LogP contribution in [0.25, 0.3) is 0 Å². The number of hydrogen-bond donors (Lipinski definition) is 1. The fourth-order valence-corrected chi connectivity index (χ4v) is 7.08. The van der Waals surface area contributed by atoms with Crippen molar-refractivity contribution in [1.29, 1.82) is 0 Å². The number of benzene rings is 1. The van der Waals surface area contributed by atoms with Crippen molar-refractivity contribution in [1.82, 2.24) is 0 Å². The molecule has 8 nitrogen and oxygen atoms in total. The highest BCUT2D eigenvalue weighted by Gasteiger charge is 2.45. The second-order valence-corrected chi connectivity index (χ2v) is 15.3. The molecule has 0 atom stereocenters. The van der Waals surface area contributed by atoms with Gasteiger partial charge in [-0.1, -0.05) is 12.1 Å². The normalized spacial score (nSPS) is 14.4. The number of carbonyl (C=O) groups is 1. The molecule has 0 bridgehead atoms. The molecule has 0 fully saturated rings. The monoisotopic (exact) mass is 611 g/mol. The van der Waals surface area contributed by atoms with E-state index in [0.29, 0.717) is 27.9 Å². The largest absolute Gasteiger partial charge is 0.741 e. The van der Waals surface area contributed by atoms with Crippen LogP contribution in [-0.2, 0) is 30.5 Å².